The van der Waals surface area contributed by atoms with E-state index >= 15 is 0 Å². The van der Waals surface area contributed by atoms with E-state index in [1.165, 1.54) is 19.3 Å². The summed E-state index contributed by atoms with van der Waals surface area (Å²) in [5.41, 5.74) is 0.720. The summed E-state index contributed by atoms with van der Waals surface area (Å²) in [5, 5.41) is 3.18. The van der Waals surface area contributed by atoms with Gasteiger partial charge in [-0.3, -0.25) is 4.79 Å². The third kappa shape index (κ3) is 4.28. The lowest BCUT2D eigenvalue weighted by Crippen LogP contribution is -2.46. The Bertz CT molecular complexity index is 555. The van der Waals surface area contributed by atoms with E-state index in [1.807, 2.05) is 40.1 Å². The maximum atomic E-state index is 12.6. The van der Waals surface area contributed by atoms with Gasteiger partial charge in [0.2, 0.25) is 0 Å². The number of hydrogen-bond donors (Lipinski definition) is 1. The first-order valence-electron chi connectivity index (χ1n) is 9.14. The van der Waals surface area contributed by atoms with Gasteiger partial charge >= 0.3 is 6.03 Å². The lowest BCUT2D eigenvalue weighted by Gasteiger charge is -2.27. The van der Waals surface area contributed by atoms with Crippen LogP contribution in [0.3, 0.4) is 0 Å². The average Bonchev–Trinajstić information content (AvgIpc) is 2.89. The van der Waals surface area contributed by atoms with Crippen molar-refractivity contribution in [3.8, 4) is 0 Å². The smallest absolute Gasteiger partial charge is 0.317 e. The number of amides is 3. The van der Waals surface area contributed by atoms with Crippen LogP contribution in [-0.4, -0.2) is 54.0 Å². The molecule has 0 unspecified atom stereocenters. The van der Waals surface area contributed by atoms with Crippen molar-refractivity contribution in [1.29, 1.82) is 0 Å². The van der Waals surface area contributed by atoms with Gasteiger partial charge in [0.05, 0.1) is 0 Å². The van der Waals surface area contributed by atoms with Crippen LogP contribution in [0.1, 0.15) is 48.9 Å². The number of hydrogen-bond acceptors (Lipinski definition) is 2. The van der Waals surface area contributed by atoms with Crippen molar-refractivity contribution in [1.82, 2.24) is 15.1 Å². The molecule has 0 spiro atoms. The highest BCUT2D eigenvalue weighted by molar-refractivity contribution is 5.94. The van der Waals surface area contributed by atoms with Crippen molar-refractivity contribution in [2.24, 2.45) is 0 Å². The van der Waals surface area contributed by atoms with Crippen LogP contribution in [0.25, 0.3) is 0 Å². The Labute approximate surface area is 144 Å². The molecule has 0 radical (unpaired) electrons. The second-order valence-corrected chi connectivity index (χ2v) is 6.78. The first kappa shape index (κ1) is 16.8. The zero-order valence-corrected chi connectivity index (χ0v) is 14.2. The van der Waals surface area contributed by atoms with E-state index in [4.69, 9.17) is 0 Å². The van der Waals surface area contributed by atoms with Crippen LogP contribution in [0.4, 0.5) is 4.79 Å². The minimum absolute atomic E-state index is 0.0379. The van der Waals surface area contributed by atoms with E-state index in [2.05, 4.69) is 5.32 Å². The summed E-state index contributed by atoms with van der Waals surface area (Å²) in [5.74, 6) is 0.0603. The standard InChI is InChI=1S/C19H27N3O2/c23-18(16-8-3-1-4-9-16)21-12-7-13-22(15-14-21)19(24)20-17-10-5-2-6-11-17/h1,3-4,8-9,17H,2,5-7,10-15H2,(H,20,24). The molecule has 0 bridgehead atoms. The van der Waals surface area contributed by atoms with Crippen LogP contribution in [0.15, 0.2) is 30.3 Å². The van der Waals surface area contributed by atoms with Crippen molar-refractivity contribution in [3.05, 3.63) is 35.9 Å². The van der Waals surface area contributed by atoms with Gasteiger partial charge in [0, 0.05) is 37.8 Å². The zero-order chi connectivity index (χ0) is 16.8. The Balaban J connectivity index is 1.52. The summed E-state index contributed by atoms with van der Waals surface area (Å²) >= 11 is 0. The largest absolute Gasteiger partial charge is 0.337 e. The summed E-state index contributed by atoms with van der Waals surface area (Å²) in [6.45, 7) is 2.64. The molecule has 3 rings (SSSR count). The molecule has 130 valence electrons. The van der Waals surface area contributed by atoms with Gasteiger partial charge in [-0.25, -0.2) is 4.79 Å². The highest BCUT2D eigenvalue weighted by Crippen LogP contribution is 2.18. The molecule has 1 saturated heterocycles. The summed E-state index contributed by atoms with van der Waals surface area (Å²) < 4.78 is 0. The Morgan fingerprint density at radius 1 is 0.833 bits per heavy atom. The summed E-state index contributed by atoms with van der Waals surface area (Å²) in [6.07, 6.45) is 6.73. The molecule has 2 aliphatic rings. The van der Waals surface area contributed by atoms with Crippen molar-refractivity contribution >= 4 is 11.9 Å². The quantitative estimate of drug-likeness (QED) is 0.907. The van der Waals surface area contributed by atoms with Crippen LogP contribution in [0.5, 0.6) is 0 Å². The SMILES string of the molecule is O=C(NC1CCCCC1)N1CCCN(C(=O)c2ccccc2)CC1. The lowest BCUT2D eigenvalue weighted by atomic mass is 9.96. The van der Waals surface area contributed by atoms with E-state index in [9.17, 15) is 9.59 Å². The van der Waals surface area contributed by atoms with Gasteiger partial charge in [0.15, 0.2) is 0 Å². The number of carbonyl (C=O) groups is 2. The van der Waals surface area contributed by atoms with Crippen LogP contribution in [0.2, 0.25) is 0 Å². The van der Waals surface area contributed by atoms with Crippen LogP contribution in [-0.2, 0) is 0 Å². The number of carbonyl (C=O) groups excluding carboxylic acids is 2. The van der Waals surface area contributed by atoms with Crippen molar-refractivity contribution in [2.75, 3.05) is 26.2 Å². The number of nitrogens with zero attached hydrogens (tertiary/aromatic N) is 2. The lowest BCUT2D eigenvalue weighted by molar-refractivity contribution is 0.0762. The van der Waals surface area contributed by atoms with Crippen molar-refractivity contribution in [2.45, 2.75) is 44.6 Å². The number of nitrogens with one attached hydrogen (secondary N) is 1. The molecular weight excluding hydrogens is 302 g/mol. The van der Waals surface area contributed by atoms with Gasteiger partial charge in [0.25, 0.3) is 5.91 Å². The molecule has 3 amide bonds. The highest BCUT2D eigenvalue weighted by atomic mass is 16.2. The van der Waals surface area contributed by atoms with Gasteiger partial charge in [0.1, 0.15) is 0 Å². The van der Waals surface area contributed by atoms with Crippen molar-refractivity contribution in [3.63, 3.8) is 0 Å². The highest BCUT2D eigenvalue weighted by Gasteiger charge is 2.24. The zero-order valence-electron chi connectivity index (χ0n) is 14.2. The molecule has 1 aliphatic heterocycles. The van der Waals surface area contributed by atoms with Crippen LogP contribution >= 0.6 is 0 Å². The Morgan fingerprint density at radius 2 is 1.50 bits per heavy atom. The van der Waals surface area contributed by atoms with Crippen molar-refractivity contribution < 1.29 is 9.59 Å². The maximum absolute atomic E-state index is 12.6. The first-order chi connectivity index (χ1) is 11.7. The molecule has 5 nitrogen and oxygen atoms in total. The number of rotatable bonds is 2. The van der Waals surface area contributed by atoms with Gasteiger partial charge in [-0.2, -0.15) is 0 Å². The molecule has 1 saturated carbocycles. The summed E-state index contributed by atoms with van der Waals surface area (Å²) in [6, 6.07) is 9.75. The predicted octanol–water partition coefficient (Wildman–Crippen LogP) is 2.88. The van der Waals surface area contributed by atoms with Gasteiger partial charge in [-0.05, 0) is 31.4 Å². The van der Waals surface area contributed by atoms with E-state index < -0.39 is 0 Å². The minimum Gasteiger partial charge on any atom is -0.337 e. The molecule has 1 heterocycles. The third-order valence-electron chi connectivity index (χ3n) is 5.02. The third-order valence-corrected chi connectivity index (χ3v) is 5.02. The molecule has 1 aromatic rings. The maximum Gasteiger partial charge on any atom is 0.317 e. The fourth-order valence-corrected chi connectivity index (χ4v) is 3.60. The predicted molar refractivity (Wildman–Crippen MR) is 93.9 cm³/mol. The fraction of sp³-hybridized carbons (Fsp3) is 0.579. The molecule has 5 heteroatoms. The normalized spacial score (nSPS) is 19.7. The molecular formula is C19H27N3O2. The fourth-order valence-electron chi connectivity index (χ4n) is 3.60. The molecule has 1 N–H and O–H groups in total. The Kier molecular flexibility index (Phi) is 5.72. The van der Waals surface area contributed by atoms with Gasteiger partial charge in [-0.1, -0.05) is 37.5 Å². The summed E-state index contributed by atoms with van der Waals surface area (Å²) in [4.78, 5) is 28.8. The molecule has 2 fully saturated rings. The van der Waals surface area contributed by atoms with Gasteiger partial charge in [-0.15, -0.1) is 0 Å². The molecule has 1 aliphatic carbocycles. The van der Waals surface area contributed by atoms with E-state index in [-0.39, 0.29) is 11.9 Å². The van der Waals surface area contributed by atoms with E-state index in [1.54, 1.807) is 0 Å². The van der Waals surface area contributed by atoms with E-state index in [0.717, 1.165) is 31.4 Å². The number of urea groups is 1. The molecule has 24 heavy (non-hydrogen) atoms. The van der Waals surface area contributed by atoms with Gasteiger partial charge < -0.3 is 15.1 Å². The first-order valence-corrected chi connectivity index (χ1v) is 9.14. The minimum atomic E-state index is 0.0379. The summed E-state index contributed by atoms with van der Waals surface area (Å²) in [7, 11) is 0. The van der Waals surface area contributed by atoms with Crippen LogP contribution < -0.4 is 5.32 Å². The average molecular weight is 329 g/mol. The van der Waals surface area contributed by atoms with Crippen LogP contribution in [0, 0.1) is 0 Å². The molecule has 0 aromatic heterocycles. The second-order valence-electron chi connectivity index (χ2n) is 6.78. The molecule has 1 aromatic carbocycles. The Morgan fingerprint density at radius 3 is 2.25 bits per heavy atom. The second kappa shape index (κ2) is 8.18. The Hall–Kier alpha value is -2.04. The van der Waals surface area contributed by atoms with E-state index in [0.29, 0.717) is 25.7 Å². The number of benzene rings is 1. The topological polar surface area (TPSA) is 52.7 Å². The molecule has 0 atom stereocenters. The monoisotopic (exact) mass is 329 g/mol.